The Hall–Kier alpha value is -3.14. The molecule has 1 atom stereocenters. The molecule has 1 aromatic heterocycles. The van der Waals surface area contributed by atoms with E-state index in [4.69, 9.17) is 0 Å². The first kappa shape index (κ1) is 31.9. The first-order valence-corrected chi connectivity index (χ1v) is 11.0. The predicted octanol–water partition coefficient (Wildman–Crippen LogP) is -0.373. The molecule has 2 aromatic rings. The van der Waals surface area contributed by atoms with E-state index in [-0.39, 0.29) is 62.4 Å². The number of carboxylic acid groups (broad SMARTS) is 1. The van der Waals surface area contributed by atoms with E-state index in [0.717, 1.165) is 6.07 Å². The van der Waals surface area contributed by atoms with Crippen LogP contribution < -0.4 is 29.1 Å². The zero-order chi connectivity index (χ0) is 25.8. The van der Waals surface area contributed by atoms with Crippen LogP contribution >= 0.6 is 0 Å². The number of amides is 2. The second-order valence-corrected chi connectivity index (χ2v) is 8.59. The molecule has 1 saturated heterocycles. The van der Waals surface area contributed by atoms with Gasteiger partial charge in [0.15, 0.2) is 11.5 Å². The number of anilines is 1. The van der Waals surface area contributed by atoms with Gasteiger partial charge in [0, 0.05) is 26.2 Å². The third kappa shape index (κ3) is 8.18. The largest absolute Gasteiger partial charge is 1.00 e. The molecule has 14 heteroatoms. The summed E-state index contributed by atoms with van der Waals surface area (Å²) in [5.74, 6) is -1.98. The number of hydrogen-bond donors (Lipinski definition) is 2. The monoisotopic (exact) mass is 518 g/mol. The van der Waals surface area contributed by atoms with Gasteiger partial charge in [0.2, 0.25) is 0 Å². The van der Waals surface area contributed by atoms with Crippen molar-refractivity contribution in [3.63, 3.8) is 0 Å². The smallest absolute Gasteiger partial charge is 1.00 e. The number of piperazine rings is 1. The molecule has 1 aliphatic rings. The molecule has 10 nitrogen and oxygen atoms in total. The van der Waals surface area contributed by atoms with Crippen LogP contribution in [-0.4, -0.2) is 75.7 Å². The summed E-state index contributed by atoms with van der Waals surface area (Å²) in [5.41, 5.74) is -1.40. The fraction of sp³-hybridized carbons (Fsp3) is 0.435. The quantitative estimate of drug-likeness (QED) is 0.472. The maximum Gasteiger partial charge on any atom is 1.00 e. The van der Waals surface area contributed by atoms with Crippen molar-refractivity contribution in [3.8, 4) is 0 Å². The third-order valence-electron chi connectivity index (χ3n) is 5.55. The van der Waals surface area contributed by atoms with Crippen LogP contribution in [0.25, 0.3) is 0 Å². The standard InChI is InChI=1S/C23H26F3N5O4.Li.H2O.H/c1-14(2)13-18(22(34)35)27-20(32)17-7-8-19(29-28-17)30-9-11-31(12-10-30)21(33)15-5-3-4-6-16(15)23(24,25)26;;;/h3-8,14,18H,9-13H2,1-2H3,(H,27,32)(H,34,35);;1H2;/q;+1;;-1/p-1. The van der Waals surface area contributed by atoms with Crippen molar-refractivity contribution < 1.29 is 58.4 Å². The van der Waals surface area contributed by atoms with E-state index < -0.39 is 35.6 Å². The molecule has 0 aliphatic carbocycles. The minimum atomic E-state index is -4.63. The zero-order valence-corrected chi connectivity index (χ0v) is 20.7. The SMILES string of the molecule is CC(C)CC(NC(=O)c1ccc(N2CCN(C(=O)c3ccccc3C(F)(F)F)CC2)nn1)C(=O)O.[H-].[Li+].[OH-]. The summed E-state index contributed by atoms with van der Waals surface area (Å²) in [6, 6.07) is 6.62. The van der Waals surface area contributed by atoms with Crippen LogP contribution in [0.5, 0.6) is 0 Å². The molecule has 1 fully saturated rings. The van der Waals surface area contributed by atoms with Crippen molar-refractivity contribution in [1.29, 1.82) is 0 Å². The van der Waals surface area contributed by atoms with Gasteiger partial charge in [0.1, 0.15) is 6.04 Å². The number of aliphatic carboxylic acids is 1. The number of rotatable bonds is 7. The average Bonchev–Trinajstić information content (AvgIpc) is 2.82. The van der Waals surface area contributed by atoms with E-state index in [1.165, 1.54) is 29.2 Å². The van der Waals surface area contributed by atoms with Gasteiger partial charge >= 0.3 is 31.0 Å². The van der Waals surface area contributed by atoms with Gasteiger partial charge in [0.25, 0.3) is 11.8 Å². The number of hydrogen-bond acceptors (Lipinski definition) is 7. The molecule has 1 aliphatic heterocycles. The average molecular weight is 518 g/mol. The van der Waals surface area contributed by atoms with Gasteiger partial charge in [-0.05, 0) is 36.6 Å². The van der Waals surface area contributed by atoms with Gasteiger partial charge in [-0.25, -0.2) is 4.79 Å². The van der Waals surface area contributed by atoms with Gasteiger partial charge < -0.3 is 27.1 Å². The number of nitrogens with one attached hydrogen (secondary N) is 1. The Morgan fingerprint density at radius 3 is 2.19 bits per heavy atom. The molecule has 198 valence electrons. The summed E-state index contributed by atoms with van der Waals surface area (Å²) in [7, 11) is 0. The number of nitrogens with zero attached hydrogens (tertiary/aromatic N) is 4. The number of carboxylic acids is 1. The fourth-order valence-corrected chi connectivity index (χ4v) is 3.77. The van der Waals surface area contributed by atoms with Gasteiger partial charge in [0.05, 0.1) is 11.1 Å². The maximum absolute atomic E-state index is 13.3. The Morgan fingerprint density at radius 2 is 1.68 bits per heavy atom. The summed E-state index contributed by atoms with van der Waals surface area (Å²) < 4.78 is 39.8. The number of halogens is 3. The summed E-state index contributed by atoms with van der Waals surface area (Å²) >= 11 is 0. The first-order chi connectivity index (χ1) is 16.5. The Balaban J connectivity index is 0.00000456. The van der Waals surface area contributed by atoms with E-state index in [1.54, 1.807) is 11.0 Å². The van der Waals surface area contributed by atoms with Crippen LogP contribution in [0.2, 0.25) is 0 Å². The van der Waals surface area contributed by atoms with E-state index in [0.29, 0.717) is 18.9 Å². The summed E-state index contributed by atoms with van der Waals surface area (Å²) in [6.07, 6.45) is -4.36. The molecule has 37 heavy (non-hydrogen) atoms. The molecule has 0 spiro atoms. The van der Waals surface area contributed by atoms with Crippen molar-refractivity contribution in [3.05, 3.63) is 53.2 Å². The Morgan fingerprint density at radius 1 is 1.05 bits per heavy atom. The summed E-state index contributed by atoms with van der Waals surface area (Å²) in [6.45, 7) is 4.69. The van der Waals surface area contributed by atoms with Crippen LogP contribution in [-0.2, 0) is 11.0 Å². The van der Waals surface area contributed by atoms with Gasteiger partial charge in [-0.1, -0.05) is 26.0 Å². The first-order valence-electron chi connectivity index (χ1n) is 11.0. The minimum absolute atomic E-state index is 0. The molecule has 0 radical (unpaired) electrons. The molecule has 1 aromatic carbocycles. The van der Waals surface area contributed by atoms with E-state index >= 15 is 0 Å². The number of benzene rings is 1. The molecule has 3 rings (SSSR count). The van der Waals surface area contributed by atoms with Crippen LogP contribution in [0.15, 0.2) is 36.4 Å². The fourth-order valence-electron chi connectivity index (χ4n) is 3.77. The van der Waals surface area contributed by atoms with Crippen molar-refractivity contribution in [2.45, 2.75) is 32.5 Å². The topological polar surface area (TPSA) is 146 Å². The van der Waals surface area contributed by atoms with Crippen LogP contribution in [0.1, 0.15) is 48.1 Å². The maximum atomic E-state index is 13.3. The number of carbonyl (C=O) groups is 3. The number of alkyl halides is 3. The number of carbonyl (C=O) groups excluding carboxylic acids is 2. The van der Waals surface area contributed by atoms with Crippen molar-refractivity contribution >= 4 is 23.6 Å². The third-order valence-corrected chi connectivity index (χ3v) is 5.55. The minimum Gasteiger partial charge on any atom is -1.00 e. The van der Waals surface area contributed by atoms with Crippen LogP contribution in [0, 0.1) is 5.92 Å². The molecule has 2 heterocycles. The summed E-state index contributed by atoms with van der Waals surface area (Å²) in [4.78, 5) is 39.6. The Kier molecular flexibility index (Phi) is 11.6. The Labute approximate surface area is 225 Å². The van der Waals surface area contributed by atoms with E-state index in [2.05, 4.69) is 15.5 Å². The van der Waals surface area contributed by atoms with Gasteiger partial charge in [-0.15, -0.1) is 10.2 Å². The van der Waals surface area contributed by atoms with Crippen LogP contribution in [0.4, 0.5) is 19.0 Å². The molecule has 3 N–H and O–H groups in total. The second kappa shape index (κ2) is 13.4. The zero-order valence-electron chi connectivity index (χ0n) is 21.7. The van der Waals surface area contributed by atoms with Gasteiger partial charge in [-0.3, -0.25) is 9.59 Å². The van der Waals surface area contributed by atoms with Crippen molar-refractivity contribution in [2.75, 3.05) is 31.1 Å². The molecular formula is C23H28F3LiN5O5-. The second-order valence-electron chi connectivity index (χ2n) is 8.59. The van der Waals surface area contributed by atoms with E-state index in [1.807, 2.05) is 13.8 Å². The molecule has 2 amide bonds. The Bertz CT molecular complexity index is 1080. The van der Waals surface area contributed by atoms with Crippen LogP contribution in [0.3, 0.4) is 0 Å². The van der Waals surface area contributed by atoms with Crippen molar-refractivity contribution in [1.82, 2.24) is 20.4 Å². The molecule has 0 bridgehead atoms. The number of aromatic nitrogens is 2. The predicted molar refractivity (Wildman–Crippen MR) is 123 cm³/mol. The molecular weight excluding hydrogens is 490 g/mol. The normalized spacial score (nSPS) is 14.3. The van der Waals surface area contributed by atoms with Crippen molar-refractivity contribution in [2.24, 2.45) is 5.92 Å². The molecule has 0 saturated carbocycles. The molecule has 1 unspecified atom stereocenters. The summed E-state index contributed by atoms with van der Waals surface area (Å²) in [5, 5.41) is 19.6. The van der Waals surface area contributed by atoms with Gasteiger partial charge in [-0.2, -0.15) is 13.2 Å². The van der Waals surface area contributed by atoms with E-state index in [9.17, 15) is 32.7 Å².